The van der Waals surface area contributed by atoms with Crippen LogP contribution in [0.4, 0.5) is 5.69 Å². The van der Waals surface area contributed by atoms with Crippen LogP contribution in [0, 0.1) is 0 Å². The summed E-state index contributed by atoms with van der Waals surface area (Å²) in [5.41, 5.74) is 0.156. The first-order valence-corrected chi connectivity index (χ1v) is 7.17. The summed E-state index contributed by atoms with van der Waals surface area (Å²) in [6, 6.07) is 4.73. The van der Waals surface area contributed by atoms with Crippen LogP contribution in [0.2, 0.25) is 0 Å². The number of aromatic nitrogens is 2. The van der Waals surface area contributed by atoms with E-state index < -0.39 is 11.1 Å². The van der Waals surface area contributed by atoms with Crippen molar-refractivity contribution in [2.75, 3.05) is 16.9 Å². The van der Waals surface area contributed by atoms with Crippen molar-refractivity contribution in [2.45, 2.75) is 6.04 Å². The smallest absolute Gasteiger partial charge is 0.314 e. The number of nitrogens with one attached hydrogen (secondary N) is 4. The Morgan fingerprint density at radius 3 is 2.65 bits per heavy atom. The van der Waals surface area contributed by atoms with Gasteiger partial charge in [0.2, 0.25) is 5.91 Å². The van der Waals surface area contributed by atoms with Crippen LogP contribution in [-0.4, -0.2) is 33.5 Å². The lowest BCUT2D eigenvalue weighted by Crippen LogP contribution is -2.37. The monoisotopic (exact) mass is 292 g/mol. The molecule has 8 heteroatoms. The number of amides is 1. The number of H-pyrrole nitrogens is 2. The Kier molecular flexibility index (Phi) is 3.33. The molecule has 3 rings (SSSR count). The van der Waals surface area contributed by atoms with Crippen LogP contribution in [0.5, 0.6) is 0 Å². The fourth-order valence-corrected chi connectivity index (χ4v) is 2.93. The highest BCUT2D eigenvalue weighted by atomic mass is 32.2. The van der Waals surface area contributed by atoms with Gasteiger partial charge in [0.15, 0.2) is 0 Å². The van der Waals surface area contributed by atoms with Crippen LogP contribution in [0.3, 0.4) is 0 Å². The molecular weight excluding hydrogens is 280 g/mol. The van der Waals surface area contributed by atoms with Crippen molar-refractivity contribution in [1.82, 2.24) is 15.3 Å². The number of fused-ring (bicyclic) bond motifs is 1. The van der Waals surface area contributed by atoms with E-state index in [1.807, 2.05) is 0 Å². The largest absolute Gasteiger partial charge is 0.325 e. The fourth-order valence-electron chi connectivity index (χ4n) is 1.99. The molecule has 1 aromatic carbocycles. The molecule has 0 bridgehead atoms. The first-order chi connectivity index (χ1) is 9.63. The predicted molar refractivity (Wildman–Crippen MR) is 78.1 cm³/mol. The second-order valence-electron chi connectivity index (χ2n) is 4.43. The number of anilines is 1. The third-order valence-corrected chi connectivity index (χ3v) is 3.96. The van der Waals surface area contributed by atoms with E-state index in [2.05, 4.69) is 20.6 Å². The summed E-state index contributed by atoms with van der Waals surface area (Å²) in [5, 5.41) is 5.86. The second-order valence-corrected chi connectivity index (χ2v) is 5.46. The van der Waals surface area contributed by atoms with Gasteiger partial charge in [-0.05, 0) is 18.2 Å². The van der Waals surface area contributed by atoms with Gasteiger partial charge in [-0.1, -0.05) is 0 Å². The molecule has 1 aliphatic rings. The maximum absolute atomic E-state index is 12.0. The number of aromatic amines is 2. The van der Waals surface area contributed by atoms with Crippen molar-refractivity contribution in [3.8, 4) is 0 Å². The summed E-state index contributed by atoms with van der Waals surface area (Å²) in [4.78, 5) is 39.4. The molecule has 4 N–H and O–H groups in total. The lowest BCUT2D eigenvalue weighted by molar-refractivity contribution is -0.117. The molecule has 7 nitrogen and oxygen atoms in total. The molecule has 2 heterocycles. The fraction of sp³-hybridized carbons (Fsp3) is 0.250. The molecule has 1 atom stereocenters. The van der Waals surface area contributed by atoms with Crippen LogP contribution in [0.15, 0.2) is 27.8 Å². The van der Waals surface area contributed by atoms with Gasteiger partial charge in [0.05, 0.1) is 17.1 Å². The van der Waals surface area contributed by atoms with Gasteiger partial charge in [0.1, 0.15) is 0 Å². The number of rotatable bonds is 2. The molecule has 1 aromatic heterocycles. The van der Waals surface area contributed by atoms with Gasteiger partial charge in [-0.2, -0.15) is 0 Å². The average molecular weight is 292 g/mol. The van der Waals surface area contributed by atoms with E-state index >= 15 is 0 Å². The molecule has 2 aromatic rings. The number of hydrogen-bond acceptors (Lipinski definition) is 5. The van der Waals surface area contributed by atoms with Crippen molar-refractivity contribution in [2.24, 2.45) is 0 Å². The maximum atomic E-state index is 12.0. The number of hydrogen-bond donors (Lipinski definition) is 4. The molecule has 1 amide bonds. The molecule has 0 aliphatic carbocycles. The molecule has 104 valence electrons. The Labute approximate surface area is 117 Å². The van der Waals surface area contributed by atoms with E-state index in [-0.39, 0.29) is 11.9 Å². The third-order valence-electron chi connectivity index (χ3n) is 3.02. The molecule has 0 spiro atoms. The quantitative estimate of drug-likeness (QED) is 0.574. The average Bonchev–Trinajstić information content (AvgIpc) is 2.94. The summed E-state index contributed by atoms with van der Waals surface area (Å²) < 4.78 is 0. The van der Waals surface area contributed by atoms with Gasteiger partial charge in [0.25, 0.3) is 0 Å². The first-order valence-electron chi connectivity index (χ1n) is 6.02. The van der Waals surface area contributed by atoms with Gasteiger partial charge in [-0.3, -0.25) is 19.7 Å². The zero-order chi connectivity index (χ0) is 14.1. The minimum absolute atomic E-state index is 0.110. The molecule has 1 fully saturated rings. The Morgan fingerprint density at radius 1 is 1.20 bits per heavy atom. The van der Waals surface area contributed by atoms with Crippen molar-refractivity contribution < 1.29 is 4.79 Å². The summed E-state index contributed by atoms with van der Waals surface area (Å²) in [5.74, 6) is 1.40. The van der Waals surface area contributed by atoms with Gasteiger partial charge >= 0.3 is 11.1 Å². The molecule has 1 saturated heterocycles. The van der Waals surface area contributed by atoms with Gasteiger partial charge in [0, 0.05) is 17.3 Å². The number of benzene rings is 1. The molecule has 20 heavy (non-hydrogen) atoms. The van der Waals surface area contributed by atoms with E-state index in [1.54, 1.807) is 30.0 Å². The molecule has 0 radical (unpaired) electrons. The van der Waals surface area contributed by atoms with E-state index in [4.69, 9.17) is 0 Å². The topological polar surface area (TPSA) is 107 Å². The van der Waals surface area contributed by atoms with E-state index in [1.165, 1.54) is 0 Å². The summed E-state index contributed by atoms with van der Waals surface area (Å²) in [6.07, 6.45) is 0. The Hall–Kier alpha value is -2.06. The van der Waals surface area contributed by atoms with Crippen LogP contribution < -0.4 is 21.8 Å². The minimum Gasteiger partial charge on any atom is -0.325 e. The predicted octanol–water partition coefficient (Wildman–Crippen LogP) is -0.183. The van der Waals surface area contributed by atoms with Crippen LogP contribution in [0.1, 0.15) is 0 Å². The lowest BCUT2D eigenvalue weighted by atomic mass is 10.2. The highest BCUT2D eigenvalue weighted by molar-refractivity contribution is 7.99. The molecular formula is C12H12N4O3S. The Bertz CT molecular complexity index is 776. The standard InChI is InChI=1S/C12H12N4O3S/c17-10(9-4-20-5-13-9)14-6-1-2-7-8(3-6)16-12(19)11(18)15-7/h1-3,9,13H,4-5H2,(H,14,17)(H,15,18)(H,16,19). The third kappa shape index (κ3) is 2.47. The normalized spacial score (nSPS) is 18.3. The first kappa shape index (κ1) is 12.9. The number of carbonyl (C=O) groups is 1. The summed E-state index contributed by atoms with van der Waals surface area (Å²) in [7, 11) is 0. The van der Waals surface area contributed by atoms with Crippen molar-refractivity contribution in [1.29, 1.82) is 0 Å². The highest BCUT2D eigenvalue weighted by Crippen LogP contribution is 2.16. The number of thioether (sulfide) groups is 1. The molecule has 1 aliphatic heterocycles. The van der Waals surface area contributed by atoms with Gasteiger partial charge in [-0.15, -0.1) is 11.8 Å². The van der Waals surface area contributed by atoms with Gasteiger partial charge in [-0.25, -0.2) is 0 Å². The van der Waals surface area contributed by atoms with Crippen LogP contribution in [-0.2, 0) is 4.79 Å². The molecule has 0 saturated carbocycles. The van der Waals surface area contributed by atoms with E-state index in [9.17, 15) is 14.4 Å². The minimum atomic E-state index is -0.713. The van der Waals surface area contributed by atoms with Crippen LogP contribution >= 0.6 is 11.8 Å². The second kappa shape index (κ2) is 5.14. The molecule has 1 unspecified atom stereocenters. The zero-order valence-corrected chi connectivity index (χ0v) is 11.2. The summed E-state index contributed by atoms with van der Waals surface area (Å²) in [6.45, 7) is 0. The highest BCUT2D eigenvalue weighted by Gasteiger charge is 2.22. The Morgan fingerprint density at radius 2 is 1.95 bits per heavy atom. The lowest BCUT2D eigenvalue weighted by Gasteiger charge is -2.10. The Balaban J connectivity index is 1.89. The summed E-state index contributed by atoms with van der Waals surface area (Å²) >= 11 is 1.67. The van der Waals surface area contributed by atoms with Gasteiger partial charge < -0.3 is 15.3 Å². The number of carbonyl (C=O) groups excluding carboxylic acids is 1. The SMILES string of the molecule is O=C(Nc1ccc2[nH]c(=O)c(=O)[nH]c2c1)C1CSCN1. The van der Waals surface area contributed by atoms with E-state index in [0.717, 1.165) is 11.6 Å². The van der Waals surface area contributed by atoms with Crippen molar-refractivity contribution >= 4 is 34.4 Å². The van der Waals surface area contributed by atoms with Crippen molar-refractivity contribution in [3.63, 3.8) is 0 Å². The maximum Gasteiger partial charge on any atom is 0.314 e. The van der Waals surface area contributed by atoms with E-state index in [0.29, 0.717) is 16.7 Å². The zero-order valence-electron chi connectivity index (χ0n) is 10.4. The van der Waals surface area contributed by atoms with Crippen molar-refractivity contribution in [3.05, 3.63) is 38.9 Å². The van der Waals surface area contributed by atoms with Crippen LogP contribution in [0.25, 0.3) is 11.0 Å².